The minimum atomic E-state index is -0.241. The van der Waals surface area contributed by atoms with Crippen molar-refractivity contribution in [3.63, 3.8) is 0 Å². The highest BCUT2D eigenvalue weighted by molar-refractivity contribution is 5.83. The van der Waals surface area contributed by atoms with Crippen molar-refractivity contribution in [3.8, 4) is 5.75 Å². The third-order valence-corrected chi connectivity index (χ3v) is 5.62. The number of aryl methyl sites for hydroxylation is 2. The van der Waals surface area contributed by atoms with Crippen LogP contribution in [0.25, 0.3) is 0 Å². The Morgan fingerprint density at radius 2 is 2.21 bits per heavy atom. The Morgan fingerprint density at radius 1 is 1.42 bits per heavy atom. The summed E-state index contributed by atoms with van der Waals surface area (Å²) in [6, 6.07) is 5.95. The maximum atomic E-state index is 11.9. The molecule has 0 radical (unpaired) electrons. The molecule has 1 saturated carbocycles. The molecule has 4 rings (SSSR count). The second kappa shape index (κ2) is 6.42. The summed E-state index contributed by atoms with van der Waals surface area (Å²) in [6.45, 7) is 8.58. The predicted octanol–water partition coefficient (Wildman–Crippen LogP) is 3.78. The summed E-state index contributed by atoms with van der Waals surface area (Å²) < 4.78 is 5.58. The average Bonchev–Trinajstić information content (AvgIpc) is 2.55. The highest BCUT2D eigenvalue weighted by Crippen LogP contribution is 2.58. The smallest absolute Gasteiger partial charge is 0.277 e. The van der Waals surface area contributed by atoms with E-state index in [9.17, 15) is 4.79 Å². The van der Waals surface area contributed by atoms with Crippen molar-refractivity contribution < 1.29 is 9.53 Å². The van der Waals surface area contributed by atoms with Gasteiger partial charge in [0.05, 0.1) is 6.21 Å². The van der Waals surface area contributed by atoms with Gasteiger partial charge in [-0.3, -0.25) is 4.79 Å². The van der Waals surface area contributed by atoms with Crippen LogP contribution in [0.2, 0.25) is 0 Å². The van der Waals surface area contributed by atoms with E-state index in [1.54, 1.807) is 6.21 Å². The number of nitrogens with one attached hydrogen (secondary N) is 1. The van der Waals surface area contributed by atoms with Crippen LogP contribution in [0.3, 0.4) is 0 Å². The normalized spacial score (nSPS) is 24.2. The molecule has 0 spiro atoms. The minimum absolute atomic E-state index is 0.0301. The van der Waals surface area contributed by atoms with E-state index in [1.807, 2.05) is 32.0 Å². The van der Waals surface area contributed by atoms with Crippen molar-refractivity contribution in [2.75, 3.05) is 6.61 Å². The van der Waals surface area contributed by atoms with Crippen molar-refractivity contribution in [1.29, 1.82) is 0 Å². The summed E-state index contributed by atoms with van der Waals surface area (Å²) in [4.78, 5) is 11.9. The summed E-state index contributed by atoms with van der Waals surface area (Å²) in [5.74, 6) is 1.88. The minimum Gasteiger partial charge on any atom is -0.483 e. The van der Waals surface area contributed by atoms with Crippen LogP contribution in [-0.2, 0) is 4.79 Å². The van der Waals surface area contributed by atoms with Crippen molar-refractivity contribution in [2.24, 2.45) is 22.4 Å². The van der Waals surface area contributed by atoms with Crippen LogP contribution in [0.15, 0.2) is 34.9 Å². The van der Waals surface area contributed by atoms with Gasteiger partial charge in [-0.2, -0.15) is 5.10 Å². The molecule has 1 aromatic rings. The van der Waals surface area contributed by atoms with Gasteiger partial charge in [-0.15, -0.1) is 0 Å². The Hall–Kier alpha value is -2.10. The summed E-state index contributed by atoms with van der Waals surface area (Å²) in [5, 5.41) is 4.11. The number of carbonyl (C=O) groups excluding carboxylic acids is 1. The number of fused-ring (bicyclic) bond motifs is 1. The van der Waals surface area contributed by atoms with Gasteiger partial charge in [-0.1, -0.05) is 32.1 Å². The highest BCUT2D eigenvalue weighted by Gasteiger charge is 2.50. The summed E-state index contributed by atoms with van der Waals surface area (Å²) in [7, 11) is 0. The first kappa shape index (κ1) is 16.7. The molecule has 1 amide bonds. The quantitative estimate of drug-likeness (QED) is 0.661. The number of hydrogen-bond acceptors (Lipinski definition) is 3. The summed E-state index contributed by atoms with van der Waals surface area (Å²) in [6.07, 6.45) is 6.42. The third-order valence-electron chi connectivity index (χ3n) is 5.62. The number of hydrogen-bond donors (Lipinski definition) is 1. The molecular formula is C20H26N2O2. The lowest BCUT2D eigenvalue weighted by molar-refractivity contribution is -0.123. The second-order valence-electron chi connectivity index (χ2n) is 7.60. The molecule has 0 aromatic heterocycles. The van der Waals surface area contributed by atoms with Crippen LogP contribution in [0.4, 0.5) is 0 Å². The van der Waals surface area contributed by atoms with Gasteiger partial charge in [-0.25, -0.2) is 5.43 Å². The van der Waals surface area contributed by atoms with E-state index in [0.717, 1.165) is 29.2 Å². The van der Waals surface area contributed by atoms with Crippen LogP contribution in [0, 0.1) is 31.1 Å². The fourth-order valence-electron chi connectivity index (χ4n) is 3.76. The topological polar surface area (TPSA) is 50.7 Å². The largest absolute Gasteiger partial charge is 0.483 e. The number of allylic oxidation sites excluding steroid dienone is 2. The summed E-state index contributed by atoms with van der Waals surface area (Å²) in [5.41, 5.74) is 6.31. The number of benzene rings is 1. The van der Waals surface area contributed by atoms with E-state index >= 15 is 0 Å². The molecule has 1 fully saturated rings. The number of nitrogens with zero attached hydrogens (tertiary/aromatic N) is 1. The molecule has 0 saturated heterocycles. The van der Waals surface area contributed by atoms with Gasteiger partial charge in [0, 0.05) is 0 Å². The van der Waals surface area contributed by atoms with E-state index < -0.39 is 0 Å². The van der Waals surface area contributed by atoms with E-state index in [-0.39, 0.29) is 12.5 Å². The van der Waals surface area contributed by atoms with Crippen LogP contribution in [0.1, 0.15) is 37.8 Å². The third kappa shape index (κ3) is 3.23. The first-order valence-corrected chi connectivity index (χ1v) is 8.60. The molecular weight excluding hydrogens is 300 g/mol. The van der Waals surface area contributed by atoms with Crippen molar-refractivity contribution in [2.45, 2.75) is 40.5 Å². The zero-order chi connectivity index (χ0) is 17.3. The Labute approximate surface area is 144 Å². The lowest BCUT2D eigenvalue weighted by Gasteiger charge is -2.55. The van der Waals surface area contributed by atoms with Gasteiger partial charge in [0.25, 0.3) is 5.91 Å². The Bertz CT molecular complexity index is 704. The molecule has 4 nitrogen and oxygen atoms in total. The van der Waals surface area contributed by atoms with Crippen molar-refractivity contribution in [3.05, 3.63) is 41.0 Å². The molecule has 2 bridgehead atoms. The van der Waals surface area contributed by atoms with Crippen LogP contribution in [-0.4, -0.2) is 18.7 Å². The van der Waals surface area contributed by atoms with E-state index in [0.29, 0.717) is 11.3 Å². The monoisotopic (exact) mass is 326 g/mol. The standard InChI is InChI=1S/C20H26N2O2/c1-13-5-6-14(2)18(9-13)24-12-19(23)22-21-11-15-7-8-16-10-17(15)20(16,3)4/h5-7,9,11,16-17H,8,10,12H2,1-4H3,(H,22,23)/b21-11-/t16-,17-/m0/s1. The number of hydrazone groups is 1. The van der Waals surface area contributed by atoms with E-state index in [2.05, 4.69) is 30.5 Å². The first-order valence-electron chi connectivity index (χ1n) is 8.60. The Kier molecular flexibility index (Phi) is 4.48. The van der Waals surface area contributed by atoms with Crippen LogP contribution in [0.5, 0.6) is 5.75 Å². The van der Waals surface area contributed by atoms with Crippen molar-refractivity contribution in [1.82, 2.24) is 5.43 Å². The van der Waals surface area contributed by atoms with Crippen LogP contribution >= 0.6 is 0 Å². The maximum absolute atomic E-state index is 11.9. The number of ether oxygens (including phenoxy) is 1. The zero-order valence-electron chi connectivity index (χ0n) is 14.9. The van der Waals surface area contributed by atoms with Gasteiger partial charge in [0.1, 0.15) is 5.75 Å². The fraction of sp³-hybridized carbons (Fsp3) is 0.500. The number of rotatable bonds is 5. The Morgan fingerprint density at radius 3 is 2.92 bits per heavy atom. The molecule has 3 aliphatic carbocycles. The van der Waals surface area contributed by atoms with Gasteiger partial charge in [0.2, 0.25) is 0 Å². The molecule has 3 aliphatic rings. The molecule has 1 aromatic carbocycles. The maximum Gasteiger partial charge on any atom is 0.277 e. The molecule has 0 unspecified atom stereocenters. The van der Waals surface area contributed by atoms with Gasteiger partial charge in [-0.05, 0) is 66.7 Å². The molecule has 0 aliphatic heterocycles. The predicted molar refractivity (Wildman–Crippen MR) is 96.1 cm³/mol. The zero-order valence-corrected chi connectivity index (χ0v) is 14.9. The molecule has 128 valence electrons. The van der Waals surface area contributed by atoms with Gasteiger partial charge < -0.3 is 4.74 Å². The van der Waals surface area contributed by atoms with E-state index in [4.69, 9.17) is 4.74 Å². The average molecular weight is 326 g/mol. The lowest BCUT2D eigenvalue weighted by Crippen LogP contribution is -2.48. The molecule has 1 N–H and O–H groups in total. The van der Waals surface area contributed by atoms with Gasteiger partial charge >= 0.3 is 0 Å². The molecule has 24 heavy (non-hydrogen) atoms. The number of amides is 1. The van der Waals surface area contributed by atoms with E-state index in [1.165, 1.54) is 12.0 Å². The summed E-state index contributed by atoms with van der Waals surface area (Å²) >= 11 is 0. The first-order chi connectivity index (χ1) is 11.4. The highest BCUT2D eigenvalue weighted by atomic mass is 16.5. The lowest BCUT2D eigenvalue weighted by atomic mass is 9.49. The Balaban J connectivity index is 1.49. The second-order valence-corrected chi connectivity index (χ2v) is 7.60. The SMILES string of the molecule is Cc1ccc(C)c(OCC(=O)N/N=C\C2=CC[C@H]3C[C@@H]2C3(C)C)c1. The van der Waals surface area contributed by atoms with Crippen LogP contribution < -0.4 is 10.2 Å². The molecule has 2 atom stereocenters. The van der Waals surface area contributed by atoms with Gasteiger partial charge in [0.15, 0.2) is 6.61 Å². The molecule has 0 heterocycles. The fourth-order valence-corrected chi connectivity index (χ4v) is 3.76. The van der Waals surface area contributed by atoms with Crippen molar-refractivity contribution >= 4 is 12.1 Å². The molecule has 4 heteroatoms. The number of carbonyl (C=O) groups is 1.